The SMILES string of the molecule is CC(C)c1ccc(Br)cc1-c1ccc2oc(-c3ccccc3)nc2c1. The second-order valence-corrected chi connectivity index (χ2v) is 7.37. The lowest BCUT2D eigenvalue weighted by atomic mass is 9.92. The van der Waals surface area contributed by atoms with Gasteiger partial charge < -0.3 is 4.42 Å². The van der Waals surface area contributed by atoms with Gasteiger partial charge in [-0.3, -0.25) is 0 Å². The highest BCUT2D eigenvalue weighted by Crippen LogP contribution is 2.34. The first kappa shape index (κ1) is 16.1. The van der Waals surface area contributed by atoms with Crippen LogP contribution < -0.4 is 0 Å². The monoisotopic (exact) mass is 391 g/mol. The van der Waals surface area contributed by atoms with E-state index in [9.17, 15) is 0 Å². The minimum absolute atomic E-state index is 0.455. The molecule has 0 aliphatic heterocycles. The van der Waals surface area contributed by atoms with E-state index in [2.05, 4.69) is 65.1 Å². The Morgan fingerprint density at radius 2 is 1.68 bits per heavy atom. The molecular formula is C22H18BrNO. The Morgan fingerprint density at radius 3 is 2.44 bits per heavy atom. The van der Waals surface area contributed by atoms with Crippen LogP contribution in [0.3, 0.4) is 0 Å². The average Bonchev–Trinajstić information content (AvgIpc) is 3.05. The number of halogens is 1. The number of fused-ring (bicyclic) bond motifs is 1. The van der Waals surface area contributed by atoms with Crippen LogP contribution in [0.4, 0.5) is 0 Å². The van der Waals surface area contributed by atoms with Crippen LogP contribution >= 0.6 is 15.9 Å². The molecule has 1 heterocycles. The maximum atomic E-state index is 5.93. The van der Waals surface area contributed by atoms with E-state index in [0.717, 1.165) is 26.7 Å². The maximum Gasteiger partial charge on any atom is 0.227 e. The minimum Gasteiger partial charge on any atom is -0.436 e. The summed E-state index contributed by atoms with van der Waals surface area (Å²) in [7, 11) is 0. The van der Waals surface area contributed by atoms with Crippen molar-refractivity contribution in [2.24, 2.45) is 0 Å². The number of hydrogen-bond acceptors (Lipinski definition) is 2. The van der Waals surface area contributed by atoms with Gasteiger partial charge in [0.25, 0.3) is 0 Å². The maximum absolute atomic E-state index is 5.93. The molecule has 25 heavy (non-hydrogen) atoms. The molecule has 0 aliphatic carbocycles. The van der Waals surface area contributed by atoms with Gasteiger partial charge in [0.15, 0.2) is 5.58 Å². The van der Waals surface area contributed by atoms with Crippen molar-refractivity contribution in [3.8, 4) is 22.6 Å². The molecule has 0 saturated heterocycles. The van der Waals surface area contributed by atoms with Gasteiger partial charge in [-0.2, -0.15) is 0 Å². The molecule has 124 valence electrons. The minimum atomic E-state index is 0.455. The van der Waals surface area contributed by atoms with Crippen LogP contribution in [0.15, 0.2) is 75.6 Å². The number of aromatic nitrogens is 1. The Morgan fingerprint density at radius 1 is 0.880 bits per heavy atom. The van der Waals surface area contributed by atoms with Gasteiger partial charge in [0.05, 0.1) is 0 Å². The van der Waals surface area contributed by atoms with Crippen molar-refractivity contribution in [1.82, 2.24) is 4.98 Å². The summed E-state index contributed by atoms with van der Waals surface area (Å²) < 4.78 is 7.01. The molecular weight excluding hydrogens is 374 g/mol. The molecule has 1 aromatic heterocycles. The van der Waals surface area contributed by atoms with Crippen molar-refractivity contribution >= 4 is 27.0 Å². The van der Waals surface area contributed by atoms with E-state index in [1.807, 2.05) is 36.4 Å². The van der Waals surface area contributed by atoms with E-state index in [4.69, 9.17) is 4.42 Å². The van der Waals surface area contributed by atoms with Crippen LogP contribution in [0.25, 0.3) is 33.7 Å². The Bertz CT molecular complexity index is 1030. The molecule has 3 heteroatoms. The summed E-state index contributed by atoms with van der Waals surface area (Å²) in [6.07, 6.45) is 0. The van der Waals surface area contributed by atoms with Gasteiger partial charge in [-0.15, -0.1) is 0 Å². The van der Waals surface area contributed by atoms with Crippen molar-refractivity contribution in [3.63, 3.8) is 0 Å². The molecule has 3 aromatic carbocycles. The summed E-state index contributed by atoms with van der Waals surface area (Å²) in [5.74, 6) is 1.11. The second kappa shape index (κ2) is 6.49. The van der Waals surface area contributed by atoms with Gasteiger partial charge in [-0.05, 0) is 59.0 Å². The van der Waals surface area contributed by atoms with E-state index in [-0.39, 0.29) is 0 Å². The predicted octanol–water partition coefficient (Wildman–Crippen LogP) is 7.05. The topological polar surface area (TPSA) is 26.0 Å². The lowest BCUT2D eigenvalue weighted by Crippen LogP contribution is -1.92. The molecule has 0 unspecified atom stereocenters. The van der Waals surface area contributed by atoms with Gasteiger partial charge in [0.2, 0.25) is 5.89 Å². The Balaban J connectivity index is 1.84. The summed E-state index contributed by atoms with van der Waals surface area (Å²) in [6, 6.07) is 22.7. The van der Waals surface area contributed by atoms with Crippen molar-refractivity contribution < 1.29 is 4.42 Å². The third kappa shape index (κ3) is 3.12. The van der Waals surface area contributed by atoms with Crippen molar-refractivity contribution in [2.45, 2.75) is 19.8 Å². The molecule has 0 bridgehead atoms. The molecule has 0 aliphatic rings. The standard InChI is InChI=1S/C22H18BrNO/c1-14(2)18-10-9-17(23)13-19(18)16-8-11-21-20(12-16)24-22(25-21)15-6-4-3-5-7-15/h3-14H,1-2H3. The first-order chi connectivity index (χ1) is 12.1. The lowest BCUT2D eigenvalue weighted by Gasteiger charge is -2.13. The third-order valence-corrected chi connectivity index (χ3v) is 4.85. The molecule has 0 saturated carbocycles. The quantitative estimate of drug-likeness (QED) is 0.373. The van der Waals surface area contributed by atoms with Crippen LogP contribution in [0.2, 0.25) is 0 Å². The fourth-order valence-electron chi connectivity index (χ4n) is 3.08. The largest absolute Gasteiger partial charge is 0.436 e. The van der Waals surface area contributed by atoms with E-state index in [1.165, 1.54) is 11.1 Å². The zero-order valence-electron chi connectivity index (χ0n) is 14.2. The fourth-order valence-corrected chi connectivity index (χ4v) is 3.44. The van der Waals surface area contributed by atoms with Gasteiger partial charge in [-0.25, -0.2) is 4.98 Å². The molecule has 4 aromatic rings. The van der Waals surface area contributed by atoms with Crippen LogP contribution in [0.5, 0.6) is 0 Å². The highest BCUT2D eigenvalue weighted by Gasteiger charge is 2.13. The van der Waals surface area contributed by atoms with E-state index in [0.29, 0.717) is 11.8 Å². The van der Waals surface area contributed by atoms with Gasteiger partial charge in [0, 0.05) is 10.0 Å². The van der Waals surface area contributed by atoms with Crippen molar-refractivity contribution in [3.05, 3.63) is 76.8 Å². The lowest BCUT2D eigenvalue weighted by molar-refractivity contribution is 0.620. The molecule has 4 rings (SSSR count). The Hall–Kier alpha value is -2.39. The molecule has 0 N–H and O–H groups in total. The number of hydrogen-bond donors (Lipinski definition) is 0. The summed E-state index contributed by atoms with van der Waals surface area (Å²) in [6.45, 7) is 4.43. The molecule has 0 fully saturated rings. The molecule has 0 spiro atoms. The van der Waals surface area contributed by atoms with Gasteiger partial charge in [-0.1, -0.05) is 60.1 Å². The Kier molecular flexibility index (Phi) is 4.18. The third-order valence-electron chi connectivity index (χ3n) is 4.36. The Labute approximate surface area is 155 Å². The average molecular weight is 392 g/mol. The van der Waals surface area contributed by atoms with E-state index >= 15 is 0 Å². The van der Waals surface area contributed by atoms with Crippen LogP contribution in [0.1, 0.15) is 25.3 Å². The van der Waals surface area contributed by atoms with E-state index in [1.54, 1.807) is 0 Å². The molecule has 2 nitrogen and oxygen atoms in total. The fraction of sp³-hybridized carbons (Fsp3) is 0.136. The van der Waals surface area contributed by atoms with Crippen LogP contribution in [0, 0.1) is 0 Å². The van der Waals surface area contributed by atoms with Crippen molar-refractivity contribution in [2.75, 3.05) is 0 Å². The molecule has 0 radical (unpaired) electrons. The molecule has 0 atom stereocenters. The smallest absolute Gasteiger partial charge is 0.227 e. The highest BCUT2D eigenvalue weighted by atomic mass is 79.9. The molecule has 0 amide bonds. The first-order valence-corrected chi connectivity index (χ1v) is 9.17. The second-order valence-electron chi connectivity index (χ2n) is 6.45. The summed E-state index contributed by atoms with van der Waals surface area (Å²) in [5, 5.41) is 0. The summed E-state index contributed by atoms with van der Waals surface area (Å²) >= 11 is 3.59. The first-order valence-electron chi connectivity index (χ1n) is 8.37. The summed E-state index contributed by atoms with van der Waals surface area (Å²) in [4.78, 5) is 4.69. The van der Waals surface area contributed by atoms with Gasteiger partial charge >= 0.3 is 0 Å². The summed E-state index contributed by atoms with van der Waals surface area (Å²) in [5.41, 5.74) is 6.40. The zero-order valence-corrected chi connectivity index (χ0v) is 15.7. The zero-order chi connectivity index (χ0) is 17.4. The number of benzene rings is 3. The van der Waals surface area contributed by atoms with Crippen LogP contribution in [-0.2, 0) is 0 Å². The predicted molar refractivity (Wildman–Crippen MR) is 107 cm³/mol. The number of oxazole rings is 1. The van der Waals surface area contributed by atoms with Gasteiger partial charge in [0.1, 0.15) is 5.52 Å². The number of nitrogens with zero attached hydrogens (tertiary/aromatic N) is 1. The van der Waals surface area contributed by atoms with Crippen LogP contribution in [-0.4, -0.2) is 4.98 Å². The normalized spacial score (nSPS) is 11.4. The van der Waals surface area contributed by atoms with Crippen molar-refractivity contribution in [1.29, 1.82) is 0 Å². The van der Waals surface area contributed by atoms with E-state index < -0.39 is 0 Å². The number of rotatable bonds is 3. The highest BCUT2D eigenvalue weighted by molar-refractivity contribution is 9.10.